The monoisotopic (exact) mass is 261 g/mol. The second-order valence-electron chi connectivity index (χ2n) is 6.63. The fraction of sp³-hybridized carbons (Fsp3) is 0.647. The Morgan fingerprint density at radius 1 is 1.32 bits per heavy atom. The molecule has 19 heavy (non-hydrogen) atoms. The number of ether oxygens (including phenoxy) is 1. The van der Waals surface area contributed by atoms with Crippen LogP contribution >= 0.6 is 0 Å². The van der Waals surface area contributed by atoms with Gasteiger partial charge in [-0.3, -0.25) is 0 Å². The summed E-state index contributed by atoms with van der Waals surface area (Å²) in [5.41, 5.74) is 3.20. The molecule has 2 heteroatoms. The van der Waals surface area contributed by atoms with Gasteiger partial charge in [-0.2, -0.15) is 0 Å². The van der Waals surface area contributed by atoms with Crippen molar-refractivity contribution in [1.82, 2.24) is 5.32 Å². The topological polar surface area (TPSA) is 21.3 Å². The molecule has 2 nitrogen and oxygen atoms in total. The SMILES string of the molecule is CCNC1CCc2c(OCCC(C)(C)C)cccc21. The Balaban J connectivity index is 2.03. The van der Waals surface area contributed by atoms with Gasteiger partial charge in [0.15, 0.2) is 0 Å². The lowest BCUT2D eigenvalue weighted by atomic mass is 9.93. The van der Waals surface area contributed by atoms with E-state index in [2.05, 4.69) is 51.2 Å². The Kier molecular flexibility index (Phi) is 4.51. The van der Waals surface area contributed by atoms with Crippen molar-refractivity contribution in [2.45, 2.75) is 53.0 Å². The third kappa shape index (κ3) is 3.73. The van der Waals surface area contributed by atoms with Gasteiger partial charge in [0.25, 0.3) is 0 Å². The van der Waals surface area contributed by atoms with Gasteiger partial charge in [0, 0.05) is 6.04 Å². The first-order valence-electron chi connectivity index (χ1n) is 7.49. The van der Waals surface area contributed by atoms with Crippen LogP contribution in [0.5, 0.6) is 5.75 Å². The highest BCUT2D eigenvalue weighted by atomic mass is 16.5. The standard InChI is InChI=1S/C17H27NO/c1-5-18-15-10-9-14-13(15)7-6-8-16(14)19-12-11-17(2,3)4/h6-8,15,18H,5,9-12H2,1-4H3. The molecule has 0 spiro atoms. The molecule has 1 aliphatic rings. The molecule has 106 valence electrons. The maximum Gasteiger partial charge on any atom is 0.122 e. The molecule has 0 radical (unpaired) electrons. The molecule has 0 heterocycles. The normalized spacial score (nSPS) is 18.4. The number of hydrogen-bond donors (Lipinski definition) is 1. The molecule has 0 saturated heterocycles. The quantitative estimate of drug-likeness (QED) is 0.861. The molecule has 0 fully saturated rings. The largest absolute Gasteiger partial charge is 0.493 e. The number of rotatable bonds is 5. The molecule has 1 aliphatic carbocycles. The average Bonchev–Trinajstić information content (AvgIpc) is 2.73. The lowest BCUT2D eigenvalue weighted by Gasteiger charge is -2.19. The van der Waals surface area contributed by atoms with Gasteiger partial charge >= 0.3 is 0 Å². The molecule has 0 aromatic heterocycles. The molecule has 1 N–H and O–H groups in total. The van der Waals surface area contributed by atoms with Crippen LogP contribution in [-0.2, 0) is 6.42 Å². The lowest BCUT2D eigenvalue weighted by molar-refractivity contribution is 0.241. The Bertz CT molecular complexity index is 420. The highest BCUT2D eigenvalue weighted by Crippen LogP contribution is 2.37. The van der Waals surface area contributed by atoms with E-state index in [9.17, 15) is 0 Å². The smallest absolute Gasteiger partial charge is 0.122 e. The van der Waals surface area contributed by atoms with E-state index in [1.807, 2.05) is 0 Å². The first kappa shape index (κ1) is 14.4. The van der Waals surface area contributed by atoms with Crippen LogP contribution in [0, 0.1) is 5.41 Å². The Morgan fingerprint density at radius 2 is 2.11 bits per heavy atom. The van der Waals surface area contributed by atoms with Crippen molar-refractivity contribution in [2.75, 3.05) is 13.2 Å². The van der Waals surface area contributed by atoms with Crippen molar-refractivity contribution in [1.29, 1.82) is 0 Å². The summed E-state index contributed by atoms with van der Waals surface area (Å²) >= 11 is 0. The minimum atomic E-state index is 0.338. The molecule has 2 rings (SSSR count). The highest BCUT2D eigenvalue weighted by Gasteiger charge is 2.24. The van der Waals surface area contributed by atoms with Crippen molar-refractivity contribution in [3.05, 3.63) is 29.3 Å². The summed E-state index contributed by atoms with van der Waals surface area (Å²) < 4.78 is 6.02. The maximum atomic E-state index is 6.02. The van der Waals surface area contributed by atoms with E-state index in [0.29, 0.717) is 11.5 Å². The number of hydrogen-bond acceptors (Lipinski definition) is 2. The molecule has 1 aromatic rings. The van der Waals surface area contributed by atoms with E-state index in [-0.39, 0.29) is 0 Å². The van der Waals surface area contributed by atoms with Crippen molar-refractivity contribution in [2.24, 2.45) is 5.41 Å². The predicted molar refractivity (Wildman–Crippen MR) is 80.7 cm³/mol. The molecule has 0 bridgehead atoms. The molecular weight excluding hydrogens is 234 g/mol. The molecule has 0 saturated carbocycles. The van der Waals surface area contributed by atoms with Gasteiger partial charge in [-0.05, 0) is 48.4 Å². The van der Waals surface area contributed by atoms with Crippen LogP contribution in [0.1, 0.15) is 57.7 Å². The van der Waals surface area contributed by atoms with Gasteiger partial charge in [0.2, 0.25) is 0 Å². The number of benzene rings is 1. The van der Waals surface area contributed by atoms with Gasteiger partial charge in [-0.25, -0.2) is 0 Å². The fourth-order valence-electron chi connectivity index (χ4n) is 2.68. The minimum absolute atomic E-state index is 0.338. The van der Waals surface area contributed by atoms with E-state index < -0.39 is 0 Å². The summed E-state index contributed by atoms with van der Waals surface area (Å²) in [6, 6.07) is 7.01. The van der Waals surface area contributed by atoms with Gasteiger partial charge in [0.05, 0.1) is 6.61 Å². The van der Waals surface area contributed by atoms with E-state index in [0.717, 1.165) is 31.7 Å². The van der Waals surface area contributed by atoms with Crippen LogP contribution in [0.15, 0.2) is 18.2 Å². The Morgan fingerprint density at radius 3 is 2.79 bits per heavy atom. The first-order chi connectivity index (χ1) is 9.01. The highest BCUT2D eigenvalue weighted by molar-refractivity contribution is 5.45. The van der Waals surface area contributed by atoms with Crippen LogP contribution in [0.25, 0.3) is 0 Å². The van der Waals surface area contributed by atoms with Crippen LogP contribution in [0.3, 0.4) is 0 Å². The van der Waals surface area contributed by atoms with E-state index >= 15 is 0 Å². The number of nitrogens with one attached hydrogen (secondary N) is 1. The van der Waals surface area contributed by atoms with Gasteiger partial charge in [-0.15, -0.1) is 0 Å². The number of fused-ring (bicyclic) bond motifs is 1. The third-order valence-electron chi connectivity index (χ3n) is 3.79. The van der Waals surface area contributed by atoms with Crippen molar-refractivity contribution >= 4 is 0 Å². The van der Waals surface area contributed by atoms with Crippen LogP contribution in [0.2, 0.25) is 0 Å². The summed E-state index contributed by atoms with van der Waals surface area (Å²) in [7, 11) is 0. The van der Waals surface area contributed by atoms with Gasteiger partial charge in [-0.1, -0.05) is 39.8 Å². The maximum absolute atomic E-state index is 6.02. The fourth-order valence-corrected chi connectivity index (χ4v) is 2.68. The van der Waals surface area contributed by atoms with Gasteiger partial charge in [0.1, 0.15) is 5.75 Å². The van der Waals surface area contributed by atoms with Crippen LogP contribution in [-0.4, -0.2) is 13.2 Å². The molecular formula is C17H27NO. The molecule has 1 atom stereocenters. The zero-order valence-corrected chi connectivity index (χ0v) is 12.8. The summed E-state index contributed by atoms with van der Waals surface area (Å²) in [6.45, 7) is 10.8. The van der Waals surface area contributed by atoms with Crippen molar-refractivity contribution in [3.63, 3.8) is 0 Å². The Labute approximate surface area is 117 Å². The van der Waals surface area contributed by atoms with E-state index in [4.69, 9.17) is 4.74 Å². The minimum Gasteiger partial charge on any atom is -0.493 e. The van der Waals surface area contributed by atoms with E-state index in [1.54, 1.807) is 0 Å². The van der Waals surface area contributed by atoms with Crippen molar-refractivity contribution < 1.29 is 4.74 Å². The summed E-state index contributed by atoms with van der Waals surface area (Å²) in [5.74, 6) is 1.10. The van der Waals surface area contributed by atoms with Crippen LogP contribution < -0.4 is 10.1 Å². The molecule has 0 aliphatic heterocycles. The molecule has 0 amide bonds. The molecule has 1 aromatic carbocycles. The van der Waals surface area contributed by atoms with Gasteiger partial charge < -0.3 is 10.1 Å². The van der Waals surface area contributed by atoms with Crippen molar-refractivity contribution in [3.8, 4) is 5.75 Å². The molecule has 1 unspecified atom stereocenters. The summed E-state index contributed by atoms with van der Waals surface area (Å²) in [4.78, 5) is 0. The average molecular weight is 261 g/mol. The Hall–Kier alpha value is -1.02. The predicted octanol–water partition coefficient (Wildman–Crippen LogP) is 4.10. The van der Waals surface area contributed by atoms with E-state index in [1.165, 1.54) is 17.5 Å². The second kappa shape index (κ2) is 5.96. The second-order valence-corrected chi connectivity index (χ2v) is 6.63. The zero-order chi connectivity index (χ0) is 13.9. The van der Waals surface area contributed by atoms with Crippen LogP contribution in [0.4, 0.5) is 0 Å². The zero-order valence-electron chi connectivity index (χ0n) is 12.8. The summed E-state index contributed by atoms with van der Waals surface area (Å²) in [5, 5.41) is 3.55. The summed E-state index contributed by atoms with van der Waals surface area (Å²) in [6.07, 6.45) is 3.43. The lowest BCUT2D eigenvalue weighted by Crippen LogP contribution is -2.18. The third-order valence-corrected chi connectivity index (χ3v) is 3.79. The first-order valence-corrected chi connectivity index (χ1v) is 7.49.